The average Bonchev–Trinajstić information content (AvgIpc) is 2.73. The minimum absolute atomic E-state index is 0.0729. The van der Waals surface area contributed by atoms with E-state index in [1.165, 1.54) is 12.7 Å². The third kappa shape index (κ3) is 4.44. The molecule has 5 nitrogen and oxygen atoms in total. The molecule has 0 bridgehead atoms. The zero-order chi connectivity index (χ0) is 19.2. The molecule has 0 aliphatic rings. The number of nitrogens with one attached hydrogen (secondary N) is 1. The number of amides is 1. The molecule has 0 aliphatic heterocycles. The van der Waals surface area contributed by atoms with Crippen LogP contribution in [0.4, 0.5) is 0 Å². The first kappa shape index (κ1) is 18.5. The van der Waals surface area contributed by atoms with Gasteiger partial charge in [-0.25, -0.2) is 0 Å². The number of carbonyl (C=O) groups excluding carboxylic acids is 1. The molecular formula is C22H22N2O3. The number of methoxy groups -OCH3 is 1. The molecule has 0 saturated heterocycles. The summed E-state index contributed by atoms with van der Waals surface area (Å²) in [5, 5.41) is 12.5. The Balaban J connectivity index is 1.65. The van der Waals surface area contributed by atoms with Gasteiger partial charge in [0.25, 0.3) is 5.91 Å². The molecule has 0 fully saturated rings. The summed E-state index contributed by atoms with van der Waals surface area (Å²) < 4.78 is 5.08. The zero-order valence-corrected chi connectivity index (χ0v) is 15.4. The van der Waals surface area contributed by atoms with E-state index in [0.29, 0.717) is 17.9 Å². The van der Waals surface area contributed by atoms with Crippen molar-refractivity contribution in [3.8, 4) is 22.8 Å². The molecule has 1 heterocycles. The second-order valence-electron chi connectivity index (χ2n) is 6.17. The van der Waals surface area contributed by atoms with Crippen molar-refractivity contribution < 1.29 is 14.6 Å². The van der Waals surface area contributed by atoms with Gasteiger partial charge in [0.15, 0.2) is 11.5 Å². The molecule has 3 aromatic rings. The summed E-state index contributed by atoms with van der Waals surface area (Å²) in [5.74, 6) is 0.291. The fraction of sp³-hybridized carbons (Fsp3) is 0.182. The fourth-order valence-corrected chi connectivity index (χ4v) is 2.71. The van der Waals surface area contributed by atoms with E-state index in [9.17, 15) is 9.90 Å². The number of pyridine rings is 1. The zero-order valence-electron chi connectivity index (χ0n) is 15.4. The van der Waals surface area contributed by atoms with Crippen LogP contribution in [0.1, 0.15) is 28.4 Å². The topological polar surface area (TPSA) is 71.5 Å². The van der Waals surface area contributed by atoms with Crippen molar-refractivity contribution in [2.45, 2.75) is 19.9 Å². The minimum atomic E-state index is -0.164. The predicted molar refractivity (Wildman–Crippen MR) is 105 cm³/mol. The van der Waals surface area contributed by atoms with Gasteiger partial charge in [-0.15, -0.1) is 0 Å². The lowest BCUT2D eigenvalue weighted by Crippen LogP contribution is -2.22. The van der Waals surface area contributed by atoms with Crippen LogP contribution in [-0.2, 0) is 13.0 Å². The van der Waals surface area contributed by atoms with Crippen LogP contribution in [0, 0.1) is 0 Å². The van der Waals surface area contributed by atoms with Crippen molar-refractivity contribution in [1.29, 1.82) is 0 Å². The standard InChI is InChI=1S/C22H22N2O3/c1-3-15-4-10-19(23-13-15)17-6-8-18(9-7-17)22(26)24-14-16-5-11-20(25)21(12-16)27-2/h4-13,25H,3,14H2,1-2H3,(H,24,26). The van der Waals surface area contributed by atoms with Gasteiger partial charge in [0.05, 0.1) is 12.8 Å². The minimum Gasteiger partial charge on any atom is -0.504 e. The molecule has 1 amide bonds. The number of aryl methyl sites for hydroxylation is 1. The van der Waals surface area contributed by atoms with E-state index in [1.54, 1.807) is 30.3 Å². The molecule has 0 atom stereocenters. The van der Waals surface area contributed by atoms with Gasteiger partial charge in [0.2, 0.25) is 0 Å². The van der Waals surface area contributed by atoms with Crippen LogP contribution in [0.5, 0.6) is 11.5 Å². The highest BCUT2D eigenvalue weighted by Gasteiger charge is 2.08. The van der Waals surface area contributed by atoms with Crippen LogP contribution < -0.4 is 10.1 Å². The summed E-state index contributed by atoms with van der Waals surface area (Å²) in [6.07, 6.45) is 2.83. The third-order valence-electron chi connectivity index (χ3n) is 4.37. The molecule has 27 heavy (non-hydrogen) atoms. The summed E-state index contributed by atoms with van der Waals surface area (Å²) in [7, 11) is 1.49. The highest BCUT2D eigenvalue weighted by molar-refractivity contribution is 5.94. The van der Waals surface area contributed by atoms with E-state index in [0.717, 1.165) is 23.2 Å². The number of aromatic hydroxyl groups is 1. The molecule has 0 saturated carbocycles. The number of phenolic OH excluding ortho intramolecular Hbond substituents is 1. The van der Waals surface area contributed by atoms with Crippen LogP contribution >= 0.6 is 0 Å². The van der Waals surface area contributed by atoms with Gasteiger partial charge in [-0.2, -0.15) is 0 Å². The van der Waals surface area contributed by atoms with Gasteiger partial charge in [-0.1, -0.05) is 31.2 Å². The lowest BCUT2D eigenvalue weighted by Gasteiger charge is -2.09. The molecule has 0 radical (unpaired) electrons. The molecule has 0 aliphatic carbocycles. The van der Waals surface area contributed by atoms with Gasteiger partial charge in [-0.05, 0) is 47.9 Å². The van der Waals surface area contributed by atoms with Crippen molar-refractivity contribution in [2.75, 3.05) is 7.11 Å². The maximum atomic E-state index is 12.4. The Bertz CT molecular complexity index is 919. The summed E-state index contributed by atoms with van der Waals surface area (Å²) in [4.78, 5) is 16.8. The van der Waals surface area contributed by atoms with Crippen molar-refractivity contribution >= 4 is 5.91 Å². The van der Waals surface area contributed by atoms with Crippen molar-refractivity contribution in [3.05, 3.63) is 77.5 Å². The Labute approximate surface area is 158 Å². The Kier molecular flexibility index (Phi) is 5.71. The predicted octanol–water partition coefficient (Wildman–Crippen LogP) is 3.96. The number of hydrogen-bond acceptors (Lipinski definition) is 4. The van der Waals surface area contributed by atoms with Gasteiger partial charge in [0, 0.05) is 23.9 Å². The summed E-state index contributed by atoms with van der Waals surface area (Å²) in [6.45, 7) is 2.44. The number of ether oxygens (including phenoxy) is 1. The largest absolute Gasteiger partial charge is 0.504 e. The molecule has 0 unspecified atom stereocenters. The molecule has 0 spiro atoms. The number of hydrogen-bond donors (Lipinski definition) is 2. The van der Waals surface area contributed by atoms with E-state index in [2.05, 4.69) is 23.3 Å². The molecule has 2 N–H and O–H groups in total. The molecule has 3 rings (SSSR count). The number of aromatic nitrogens is 1. The van der Waals surface area contributed by atoms with Crippen LogP contribution in [0.25, 0.3) is 11.3 Å². The Hall–Kier alpha value is -3.34. The number of phenols is 1. The van der Waals surface area contributed by atoms with Crippen molar-refractivity contribution in [1.82, 2.24) is 10.3 Å². The lowest BCUT2D eigenvalue weighted by molar-refractivity contribution is 0.0951. The SMILES string of the molecule is CCc1ccc(-c2ccc(C(=O)NCc3ccc(O)c(OC)c3)cc2)nc1. The highest BCUT2D eigenvalue weighted by Crippen LogP contribution is 2.26. The van der Waals surface area contributed by atoms with E-state index in [1.807, 2.05) is 24.4 Å². The normalized spacial score (nSPS) is 10.4. The van der Waals surface area contributed by atoms with Gasteiger partial charge >= 0.3 is 0 Å². The van der Waals surface area contributed by atoms with E-state index < -0.39 is 0 Å². The van der Waals surface area contributed by atoms with Crippen molar-refractivity contribution in [2.24, 2.45) is 0 Å². The van der Waals surface area contributed by atoms with Gasteiger partial charge in [-0.3, -0.25) is 9.78 Å². The fourth-order valence-electron chi connectivity index (χ4n) is 2.71. The van der Waals surface area contributed by atoms with Crippen molar-refractivity contribution in [3.63, 3.8) is 0 Å². The second kappa shape index (κ2) is 8.36. The van der Waals surface area contributed by atoms with Crippen LogP contribution in [-0.4, -0.2) is 23.1 Å². The Morgan fingerprint density at radius 2 is 1.81 bits per heavy atom. The number of rotatable bonds is 6. The Morgan fingerprint density at radius 3 is 2.44 bits per heavy atom. The van der Waals surface area contributed by atoms with Gasteiger partial charge in [0.1, 0.15) is 0 Å². The molecular weight excluding hydrogens is 340 g/mol. The summed E-state index contributed by atoms with van der Waals surface area (Å²) in [6, 6.07) is 16.4. The average molecular weight is 362 g/mol. The van der Waals surface area contributed by atoms with E-state index in [-0.39, 0.29) is 11.7 Å². The maximum absolute atomic E-state index is 12.4. The third-order valence-corrected chi connectivity index (χ3v) is 4.37. The molecule has 138 valence electrons. The second-order valence-corrected chi connectivity index (χ2v) is 6.17. The smallest absolute Gasteiger partial charge is 0.251 e. The lowest BCUT2D eigenvalue weighted by atomic mass is 10.1. The molecule has 5 heteroatoms. The van der Waals surface area contributed by atoms with Crippen LogP contribution in [0.3, 0.4) is 0 Å². The number of nitrogens with zero attached hydrogens (tertiary/aromatic N) is 1. The van der Waals surface area contributed by atoms with Gasteiger partial charge < -0.3 is 15.2 Å². The maximum Gasteiger partial charge on any atom is 0.251 e. The van der Waals surface area contributed by atoms with E-state index >= 15 is 0 Å². The molecule has 2 aromatic carbocycles. The van der Waals surface area contributed by atoms with Crippen LogP contribution in [0.15, 0.2) is 60.8 Å². The molecule has 1 aromatic heterocycles. The highest BCUT2D eigenvalue weighted by atomic mass is 16.5. The van der Waals surface area contributed by atoms with E-state index in [4.69, 9.17) is 4.74 Å². The first-order valence-corrected chi connectivity index (χ1v) is 8.80. The number of carbonyl (C=O) groups is 1. The first-order chi connectivity index (χ1) is 13.1. The summed E-state index contributed by atoms with van der Waals surface area (Å²) in [5.41, 5.74) is 4.47. The monoisotopic (exact) mass is 362 g/mol. The Morgan fingerprint density at radius 1 is 1.07 bits per heavy atom. The first-order valence-electron chi connectivity index (χ1n) is 8.80. The number of benzene rings is 2. The summed E-state index contributed by atoms with van der Waals surface area (Å²) >= 11 is 0. The van der Waals surface area contributed by atoms with Crippen LogP contribution in [0.2, 0.25) is 0 Å². The quantitative estimate of drug-likeness (QED) is 0.696.